The van der Waals surface area contributed by atoms with Crippen LogP contribution in [-0.4, -0.2) is 39.5 Å². The third-order valence-corrected chi connectivity index (χ3v) is 5.42. The number of hydrogen-bond acceptors (Lipinski definition) is 4. The largest absolute Gasteiger partial charge is 0.378 e. The lowest BCUT2D eigenvalue weighted by Crippen LogP contribution is -2.31. The van der Waals surface area contributed by atoms with Gasteiger partial charge in [0.05, 0.1) is 11.9 Å². The Morgan fingerprint density at radius 2 is 1.79 bits per heavy atom. The number of ether oxygens (including phenoxy) is 1. The van der Waals surface area contributed by atoms with Crippen molar-refractivity contribution in [3.8, 4) is 0 Å². The first kappa shape index (κ1) is 15.2. The first-order valence-electron chi connectivity index (χ1n) is 7.40. The van der Waals surface area contributed by atoms with Crippen LogP contribution in [0.1, 0.15) is 44.9 Å². The van der Waals surface area contributed by atoms with Crippen LogP contribution in [-0.2, 0) is 14.8 Å². The van der Waals surface area contributed by atoms with E-state index in [0.29, 0.717) is 37.0 Å². The van der Waals surface area contributed by atoms with Gasteiger partial charge in [0.2, 0.25) is 10.0 Å². The fraction of sp³-hybridized carbons (Fsp3) is 1.00. The Morgan fingerprint density at radius 1 is 1.11 bits per heavy atom. The van der Waals surface area contributed by atoms with Crippen LogP contribution in [0.25, 0.3) is 0 Å². The standard InChI is InChI=1S/C13H26N2O3S/c14-12-4-6-13(7-5-12)18-9-1-8-15-19(16,17)10-11-2-3-11/h11-13,15H,1-10,14H2. The Bertz CT molecular complexity index is 360. The molecule has 0 saturated heterocycles. The zero-order valence-electron chi connectivity index (χ0n) is 11.5. The second kappa shape index (κ2) is 7.02. The van der Waals surface area contributed by atoms with E-state index in [1.165, 1.54) is 0 Å². The van der Waals surface area contributed by atoms with E-state index in [1.807, 2.05) is 0 Å². The van der Waals surface area contributed by atoms with Gasteiger partial charge in [-0.05, 0) is 50.9 Å². The van der Waals surface area contributed by atoms with Crippen molar-refractivity contribution < 1.29 is 13.2 Å². The molecular weight excluding hydrogens is 264 g/mol. The molecule has 2 aliphatic carbocycles. The molecule has 0 aromatic rings. The number of nitrogens with one attached hydrogen (secondary N) is 1. The molecule has 0 radical (unpaired) electrons. The maximum absolute atomic E-state index is 11.6. The number of rotatable bonds is 8. The van der Waals surface area contributed by atoms with E-state index in [0.717, 1.165) is 44.9 Å². The highest BCUT2D eigenvalue weighted by atomic mass is 32.2. The Kier molecular flexibility index (Phi) is 5.62. The maximum atomic E-state index is 11.6. The minimum absolute atomic E-state index is 0.300. The summed E-state index contributed by atoms with van der Waals surface area (Å²) in [7, 11) is -3.05. The van der Waals surface area contributed by atoms with Crippen molar-refractivity contribution in [1.82, 2.24) is 4.72 Å². The second-order valence-electron chi connectivity index (χ2n) is 5.88. The lowest BCUT2D eigenvalue weighted by atomic mass is 9.94. The van der Waals surface area contributed by atoms with Gasteiger partial charge in [0, 0.05) is 19.2 Å². The first-order valence-corrected chi connectivity index (χ1v) is 9.05. The van der Waals surface area contributed by atoms with Crippen molar-refractivity contribution in [2.45, 2.75) is 57.1 Å². The van der Waals surface area contributed by atoms with E-state index in [2.05, 4.69) is 4.72 Å². The van der Waals surface area contributed by atoms with Crippen LogP contribution in [0.4, 0.5) is 0 Å². The lowest BCUT2D eigenvalue weighted by Gasteiger charge is -2.26. The summed E-state index contributed by atoms with van der Waals surface area (Å²) < 4.78 is 31.6. The van der Waals surface area contributed by atoms with Crippen LogP contribution in [0, 0.1) is 5.92 Å². The molecule has 2 fully saturated rings. The minimum Gasteiger partial charge on any atom is -0.378 e. The van der Waals surface area contributed by atoms with Crippen molar-refractivity contribution >= 4 is 10.0 Å². The summed E-state index contributed by atoms with van der Waals surface area (Å²) in [4.78, 5) is 0. The SMILES string of the molecule is NC1CCC(OCCCNS(=O)(=O)CC2CC2)CC1. The van der Waals surface area contributed by atoms with Gasteiger partial charge in [0.15, 0.2) is 0 Å². The van der Waals surface area contributed by atoms with Crippen molar-refractivity contribution in [3.05, 3.63) is 0 Å². The summed E-state index contributed by atoms with van der Waals surface area (Å²) >= 11 is 0. The average Bonchev–Trinajstić information content (AvgIpc) is 3.14. The van der Waals surface area contributed by atoms with E-state index < -0.39 is 10.0 Å². The van der Waals surface area contributed by atoms with Crippen LogP contribution >= 0.6 is 0 Å². The van der Waals surface area contributed by atoms with Gasteiger partial charge in [0.1, 0.15) is 0 Å². The van der Waals surface area contributed by atoms with E-state index in [4.69, 9.17) is 10.5 Å². The highest BCUT2D eigenvalue weighted by Gasteiger charge is 2.27. The van der Waals surface area contributed by atoms with Gasteiger partial charge in [-0.25, -0.2) is 13.1 Å². The van der Waals surface area contributed by atoms with Gasteiger partial charge < -0.3 is 10.5 Å². The summed E-state index contributed by atoms with van der Waals surface area (Å²) in [5.41, 5.74) is 5.83. The van der Waals surface area contributed by atoms with Crippen molar-refractivity contribution in [1.29, 1.82) is 0 Å². The molecular formula is C13H26N2O3S. The lowest BCUT2D eigenvalue weighted by molar-refractivity contribution is 0.0245. The van der Waals surface area contributed by atoms with Crippen molar-refractivity contribution in [2.75, 3.05) is 18.9 Å². The van der Waals surface area contributed by atoms with Crippen molar-refractivity contribution in [2.24, 2.45) is 11.7 Å². The van der Waals surface area contributed by atoms with Gasteiger partial charge in [-0.3, -0.25) is 0 Å². The molecule has 0 aromatic heterocycles. The van der Waals surface area contributed by atoms with E-state index in [1.54, 1.807) is 0 Å². The quantitative estimate of drug-likeness (QED) is 0.653. The van der Waals surface area contributed by atoms with Gasteiger partial charge in [-0.1, -0.05) is 0 Å². The third-order valence-electron chi connectivity index (χ3n) is 3.87. The van der Waals surface area contributed by atoms with Crippen molar-refractivity contribution in [3.63, 3.8) is 0 Å². The average molecular weight is 290 g/mol. The van der Waals surface area contributed by atoms with Gasteiger partial charge in [-0.2, -0.15) is 0 Å². The molecule has 0 unspecified atom stereocenters. The molecule has 0 atom stereocenters. The van der Waals surface area contributed by atoms with Crippen LogP contribution in [0.2, 0.25) is 0 Å². The fourth-order valence-electron chi connectivity index (χ4n) is 2.46. The number of sulfonamides is 1. The Labute approximate surface area is 116 Å². The molecule has 2 aliphatic rings. The summed E-state index contributed by atoms with van der Waals surface area (Å²) in [6.45, 7) is 1.12. The number of nitrogens with two attached hydrogens (primary N) is 1. The molecule has 3 N–H and O–H groups in total. The molecule has 2 saturated carbocycles. The predicted octanol–water partition coefficient (Wildman–Crippen LogP) is 0.992. The molecule has 6 heteroatoms. The molecule has 5 nitrogen and oxygen atoms in total. The zero-order valence-corrected chi connectivity index (χ0v) is 12.3. The molecule has 112 valence electrons. The smallest absolute Gasteiger partial charge is 0.211 e. The zero-order chi connectivity index (χ0) is 13.7. The molecule has 0 aliphatic heterocycles. The summed E-state index contributed by atoms with van der Waals surface area (Å²) in [6.07, 6.45) is 7.34. The summed E-state index contributed by atoms with van der Waals surface area (Å²) in [5.74, 6) is 0.703. The first-order chi connectivity index (χ1) is 9.05. The van der Waals surface area contributed by atoms with Gasteiger partial charge >= 0.3 is 0 Å². The van der Waals surface area contributed by atoms with E-state index in [-0.39, 0.29) is 0 Å². The fourth-order valence-corrected chi connectivity index (χ4v) is 3.99. The highest BCUT2D eigenvalue weighted by molar-refractivity contribution is 7.89. The van der Waals surface area contributed by atoms with Crippen LogP contribution in [0.3, 0.4) is 0 Å². The predicted molar refractivity (Wildman–Crippen MR) is 75.3 cm³/mol. The van der Waals surface area contributed by atoms with E-state index >= 15 is 0 Å². The monoisotopic (exact) mass is 290 g/mol. The van der Waals surface area contributed by atoms with Crippen LogP contribution in [0.5, 0.6) is 0 Å². The highest BCUT2D eigenvalue weighted by Crippen LogP contribution is 2.29. The Balaban J connectivity index is 1.49. The molecule has 19 heavy (non-hydrogen) atoms. The maximum Gasteiger partial charge on any atom is 0.211 e. The van der Waals surface area contributed by atoms with Crippen LogP contribution in [0.15, 0.2) is 0 Å². The van der Waals surface area contributed by atoms with Gasteiger partial charge in [-0.15, -0.1) is 0 Å². The Hall–Kier alpha value is -0.170. The van der Waals surface area contributed by atoms with Crippen LogP contribution < -0.4 is 10.5 Å². The molecule has 0 amide bonds. The van der Waals surface area contributed by atoms with Gasteiger partial charge in [0.25, 0.3) is 0 Å². The Morgan fingerprint density at radius 3 is 2.42 bits per heavy atom. The summed E-state index contributed by atoms with van der Waals surface area (Å²) in [6, 6.07) is 0.342. The second-order valence-corrected chi connectivity index (χ2v) is 7.73. The molecule has 0 heterocycles. The molecule has 0 bridgehead atoms. The number of hydrogen-bond donors (Lipinski definition) is 2. The molecule has 0 spiro atoms. The summed E-state index contributed by atoms with van der Waals surface area (Å²) in [5, 5.41) is 0. The molecule has 2 rings (SSSR count). The minimum atomic E-state index is -3.05. The van der Waals surface area contributed by atoms with E-state index in [9.17, 15) is 8.42 Å². The molecule has 0 aromatic carbocycles. The topological polar surface area (TPSA) is 81.4 Å². The normalized spacial score (nSPS) is 28.5. The third kappa shape index (κ3) is 6.21.